The van der Waals surface area contributed by atoms with Gasteiger partial charge in [0.25, 0.3) is 11.8 Å². The Kier molecular flexibility index (Phi) is 13.2. The average Bonchev–Trinajstić information content (AvgIpc) is 3.86. The lowest BCUT2D eigenvalue weighted by atomic mass is 9.93. The number of para-hydroxylation sites is 1. The van der Waals surface area contributed by atoms with E-state index in [0.29, 0.717) is 38.3 Å². The summed E-state index contributed by atoms with van der Waals surface area (Å²) < 4.78 is 18.4. The Bertz CT molecular complexity index is 1740. The number of hydrogen-bond donors (Lipinski definition) is 2. The van der Waals surface area contributed by atoms with Crippen molar-refractivity contribution >= 4 is 29.7 Å². The molecule has 0 radical (unpaired) electrons. The first kappa shape index (κ1) is 38.3. The number of likely N-dealkylation sites (tertiary alicyclic amines) is 1. The predicted octanol–water partition coefficient (Wildman–Crippen LogP) is 2.92. The summed E-state index contributed by atoms with van der Waals surface area (Å²) in [7, 11) is 0. The van der Waals surface area contributed by atoms with Gasteiger partial charge in [-0.15, -0.1) is 0 Å². The Labute approximate surface area is 314 Å². The minimum atomic E-state index is -0.951. The van der Waals surface area contributed by atoms with Crippen molar-refractivity contribution in [2.45, 2.75) is 70.2 Å². The van der Waals surface area contributed by atoms with E-state index in [2.05, 4.69) is 15.7 Å². The van der Waals surface area contributed by atoms with E-state index in [9.17, 15) is 24.0 Å². The zero-order chi connectivity index (χ0) is 37.9. The number of carbonyl (C=O) groups excluding carboxylic acids is 5. The van der Waals surface area contributed by atoms with E-state index >= 15 is 0 Å². The number of rotatable bonds is 15. The highest BCUT2D eigenvalue weighted by Gasteiger charge is 2.36. The molecule has 1 saturated carbocycles. The fourth-order valence-electron chi connectivity index (χ4n) is 6.74. The normalized spacial score (nSPS) is 17.7. The maximum absolute atomic E-state index is 13.9. The maximum Gasteiger partial charge on any atom is 0.409 e. The van der Waals surface area contributed by atoms with Crippen LogP contribution in [0.15, 0.2) is 66.7 Å². The summed E-state index contributed by atoms with van der Waals surface area (Å²) in [5.74, 6) is -1.23. The van der Waals surface area contributed by atoms with Crippen LogP contribution in [0.5, 0.6) is 5.88 Å². The first-order valence-electron chi connectivity index (χ1n) is 18.8. The number of hydrogen-bond acceptors (Lipinski definition) is 9. The zero-order valence-corrected chi connectivity index (χ0v) is 30.7. The van der Waals surface area contributed by atoms with Gasteiger partial charge in [-0.3, -0.25) is 19.2 Å². The Morgan fingerprint density at radius 3 is 2.26 bits per heavy atom. The van der Waals surface area contributed by atoms with E-state index in [1.54, 1.807) is 33.8 Å². The summed E-state index contributed by atoms with van der Waals surface area (Å²) in [6, 6.07) is 18.8. The van der Waals surface area contributed by atoms with E-state index in [1.165, 1.54) is 10.7 Å². The molecule has 1 aromatic heterocycles. The number of benzene rings is 2. The Balaban J connectivity index is 1.14. The largest absolute Gasteiger partial charge is 0.467 e. The minimum Gasteiger partial charge on any atom is -0.467 e. The summed E-state index contributed by atoms with van der Waals surface area (Å²) in [6.45, 7) is 3.81. The van der Waals surface area contributed by atoms with E-state index in [-0.39, 0.29) is 74.7 Å². The number of ether oxygens (including phenoxy) is 3. The molecule has 2 N–H and O–H groups in total. The molecule has 15 heteroatoms. The van der Waals surface area contributed by atoms with Crippen molar-refractivity contribution in [3.8, 4) is 11.6 Å². The van der Waals surface area contributed by atoms with Crippen LogP contribution < -0.4 is 15.4 Å². The van der Waals surface area contributed by atoms with Gasteiger partial charge in [0.1, 0.15) is 12.1 Å². The van der Waals surface area contributed by atoms with Crippen LogP contribution in [0.4, 0.5) is 4.79 Å². The number of nitrogens with one attached hydrogen (secondary N) is 2. The third-order valence-corrected chi connectivity index (χ3v) is 9.96. The first-order chi connectivity index (χ1) is 26.3. The van der Waals surface area contributed by atoms with Crippen LogP contribution >= 0.6 is 0 Å². The van der Waals surface area contributed by atoms with Gasteiger partial charge in [0.2, 0.25) is 17.7 Å². The number of carbonyl (C=O) groups is 5. The van der Waals surface area contributed by atoms with Crippen LogP contribution in [-0.2, 0) is 30.5 Å². The predicted molar refractivity (Wildman–Crippen MR) is 197 cm³/mol. The van der Waals surface area contributed by atoms with Crippen molar-refractivity contribution in [1.82, 2.24) is 35.1 Å². The molecule has 2 unspecified atom stereocenters. The van der Waals surface area contributed by atoms with E-state index < -0.39 is 24.1 Å². The van der Waals surface area contributed by atoms with Gasteiger partial charge in [-0.1, -0.05) is 48.5 Å². The third-order valence-electron chi connectivity index (χ3n) is 9.96. The lowest BCUT2D eigenvalue weighted by Crippen LogP contribution is -2.56. The Hall–Kier alpha value is -5.44. The second-order valence-corrected chi connectivity index (χ2v) is 13.6. The first-order valence-corrected chi connectivity index (χ1v) is 18.8. The highest BCUT2D eigenvalue weighted by atomic mass is 16.6. The second kappa shape index (κ2) is 18.5. The average molecular weight is 744 g/mol. The highest BCUT2D eigenvalue weighted by molar-refractivity contribution is 5.96. The molecule has 3 aliphatic rings. The molecule has 6 rings (SSSR count). The van der Waals surface area contributed by atoms with Gasteiger partial charge in [-0.25, -0.2) is 9.48 Å². The molecule has 2 atom stereocenters. The van der Waals surface area contributed by atoms with Crippen LogP contribution in [0.2, 0.25) is 0 Å². The minimum absolute atomic E-state index is 0.0182. The summed E-state index contributed by atoms with van der Waals surface area (Å²) in [6.07, 6.45) is 4.09. The van der Waals surface area contributed by atoms with Crippen LogP contribution in [0.1, 0.15) is 61.5 Å². The molecule has 2 aromatic carbocycles. The summed E-state index contributed by atoms with van der Waals surface area (Å²) in [5.41, 5.74) is 1.56. The van der Waals surface area contributed by atoms with E-state index in [0.717, 1.165) is 31.2 Å². The van der Waals surface area contributed by atoms with E-state index in [1.807, 2.05) is 48.5 Å². The molecule has 5 amide bonds. The quantitative estimate of drug-likeness (QED) is 0.223. The molecule has 3 fully saturated rings. The zero-order valence-electron chi connectivity index (χ0n) is 30.7. The van der Waals surface area contributed by atoms with Gasteiger partial charge in [-0.2, -0.15) is 5.10 Å². The SMILES string of the molecule is CCOC(=O)N1CCN(C(=O)C(CCOCc2ccccc2)NC(=O)c2cc(OCC(=O)N3CCCC3C(=O)NC3CCC3)n(-c3ccccc3)n2)CC1. The number of nitrogens with zero attached hydrogens (tertiary/aromatic N) is 5. The fourth-order valence-corrected chi connectivity index (χ4v) is 6.74. The molecule has 15 nitrogen and oxygen atoms in total. The van der Waals surface area contributed by atoms with Gasteiger partial charge in [0.05, 0.1) is 18.9 Å². The van der Waals surface area contributed by atoms with Crippen molar-refractivity contribution in [1.29, 1.82) is 0 Å². The number of amides is 5. The number of piperazine rings is 1. The molecule has 2 aliphatic heterocycles. The summed E-state index contributed by atoms with van der Waals surface area (Å²) in [4.78, 5) is 71.1. The monoisotopic (exact) mass is 743 g/mol. The lowest BCUT2D eigenvalue weighted by molar-refractivity contribution is -0.140. The van der Waals surface area contributed by atoms with Gasteiger partial charge < -0.3 is 39.5 Å². The second-order valence-electron chi connectivity index (χ2n) is 13.6. The summed E-state index contributed by atoms with van der Waals surface area (Å²) >= 11 is 0. The Morgan fingerprint density at radius 2 is 1.57 bits per heavy atom. The van der Waals surface area contributed by atoms with Crippen LogP contribution in [0.25, 0.3) is 5.69 Å². The van der Waals surface area contributed by atoms with Crippen molar-refractivity contribution in [2.75, 3.05) is 52.5 Å². The number of aromatic nitrogens is 2. The molecule has 0 spiro atoms. The molecule has 2 saturated heterocycles. The molecular weight excluding hydrogens is 694 g/mol. The molecule has 3 aromatic rings. The smallest absolute Gasteiger partial charge is 0.409 e. The molecule has 0 bridgehead atoms. The molecule has 288 valence electrons. The Morgan fingerprint density at radius 1 is 0.870 bits per heavy atom. The van der Waals surface area contributed by atoms with Crippen molar-refractivity contribution < 1.29 is 38.2 Å². The van der Waals surface area contributed by atoms with Crippen molar-refractivity contribution in [2.24, 2.45) is 0 Å². The lowest BCUT2D eigenvalue weighted by Gasteiger charge is -2.36. The maximum atomic E-state index is 13.9. The van der Waals surface area contributed by atoms with Crippen LogP contribution in [0, 0.1) is 0 Å². The van der Waals surface area contributed by atoms with Crippen molar-refractivity contribution in [3.63, 3.8) is 0 Å². The topological polar surface area (TPSA) is 165 Å². The van der Waals surface area contributed by atoms with Crippen molar-refractivity contribution in [3.05, 3.63) is 78.0 Å². The van der Waals surface area contributed by atoms with Crippen LogP contribution in [-0.4, -0.2) is 125 Å². The van der Waals surface area contributed by atoms with Gasteiger partial charge in [-0.05, 0) is 63.1 Å². The van der Waals surface area contributed by atoms with E-state index in [4.69, 9.17) is 14.2 Å². The van der Waals surface area contributed by atoms with Gasteiger partial charge in [0.15, 0.2) is 12.3 Å². The van der Waals surface area contributed by atoms with Crippen LogP contribution in [0.3, 0.4) is 0 Å². The van der Waals surface area contributed by atoms with Gasteiger partial charge in [0, 0.05) is 51.4 Å². The molecule has 54 heavy (non-hydrogen) atoms. The standard InChI is InChI=1S/C39H49N7O8/c1-2-53-39(51)44-22-20-43(21-23-44)38(50)31(18-24-52-26-28-11-5-3-6-12-28)41-36(48)32-25-35(46(42-32)30-15-7-4-8-16-30)54-27-34(47)45-19-10-17-33(45)37(49)40-29-13-9-14-29/h3-8,11-12,15-16,25,29,31,33H,2,9-10,13-14,17-24,26-27H2,1H3,(H,40,49)(H,41,48). The highest BCUT2D eigenvalue weighted by Crippen LogP contribution is 2.24. The molecule has 3 heterocycles. The summed E-state index contributed by atoms with van der Waals surface area (Å²) in [5, 5.41) is 10.4. The molecular formula is C39H49N7O8. The third kappa shape index (κ3) is 9.75. The molecule has 1 aliphatic carbocycles. The fraction of sp³-hybridized carbons (Fsp3) is 0.487. The van der Waals surface area contributed by atoms with Gasteiger partial charge >= 0.3 is 6.09 Å².